The van der Waals surface area contributed by atoms with Gasteiger partial charge in [-0.3, -0.25) is 0 Å². The van der Waals surface area contributed by atoms with Crippen molar-refractivity contribution in [1.29, 1.82) is 0 Å². The van der Waals surface area contributed by atoms with Gasteiger partial charge in [-0.25, -0.2) is 0 Å². The van der Waals surface area contributed by atoms with Gasteiger partial charge in [-0.1, -0.05) is 136 Å². The van der Waals surface area contributed by atoms with E-state index in [0.717, 1.165) is 44.4 Å². The van der Waals surface area contributed by atoms with Crippen LogP contribution in [0.5, 0.6) is 0 Å². The molecule has 0 atom stereocenters. The summed E-state index contributed by atoms with van der Waals surface area (Å²) in [5.41, 5.74) is 13.6. The molecule has 0 aliphatic carbocycles. The molecule has 8 aromatic rings. The predicted molar refractivity (Wildman–Crippen MR) is 203 cm³/mol. The van der Waals surface area contributed by atoms with Gasteiger partial charge in [-0.2, -0.15) is 0 Å². The molecule has 232 valence electrons. The minimum Gasteiger partial charge on any atom is -0.456 e. The molecular weight excluding hydrogens is 583 g/mol. The fraction of sp³-hybridized carbons (Fsp3) is 0.0870. The monoisotopic (exact) mass is 619 g/mol. The molecule has 48 heavy (non-hydrogen) atoms. The van der Waals surface area contributed by atoms with Gasteiger partial charge in [0.25, 0.3) is 0 Å². The maximum absolute atomic E-state index is 6.21. The van der Waals surface area contributed by atoms with Crippen LogP contribution in [0.2, 0.25) is 0 Å². The number of benzene rings is 7. The minimum atomic E-state index is -0.0930. The lowest BCUT2D eigenvalue weighted by molar-refractivity contribution is 0.591. The topological polar surface area (TPSA) is 16.4 Å². The normalized spacial score (nSPS) is 11.6. The van der Waals surface area contributed by atoms with Crippen LogP contribution in [0, 0.1) is 0 Å². The minimum absolute atomic E-state index is 0.0930. The third-order valence-electron chi connectivity index (χ3n) is 9.22. The second kappa shape index (κ2) is 12.1. The number of hydrogen-bond donors (Lipinski definition) is 0. The van der Waals surface area contributed by atoms with Crippen molar-refractivity contribution < 1.29 is 4.42 Å². The average Bonchev–Trinajstić information content (AvgIpc) is 3.51. The molecule has 2 nitrogen and oxygen atoms in total. The molecule has 1 aromatic heterocycles. The Morgan fingerprint density at radius 2 is 0.854 bits per heavy atom. The lowest BCUT2D eigenvalue weighted by Gasteiger charge is -2.32. The third-order valence-corrected chi connectivity index (χ3v) is 9.22. The highest BCUT2D eigenvalue weighted by atomic mass is 16.3. The molecule has 8 rings (SSSR count). The van der Waals surface area contributed by atoms with Gasteiger partial charge in [0.2, 0.25) is 0 Å². The van der Waals surface area contributed by atoms with E-state index in [1.807, 2.05) is 12.1 Å². The molecule has 7 aromatic carbocycles. The van der Waals surface area contributed by atoms with E-state index in [2.05, 4.69) is 183 Å². The quantitative estimate of drug-likeness (QED) is 0.184. The Bertz CT molecular complexity index is 2340. The van der Waals surface area contributed by atoms with Crippen LogP contribution in [-0.2, 0) is 5.41 Å². The van der Waals surface area contributed by atoms with E-state index in [9.17, 15) is 0 Å². The smallest absolute Gasteiger partial charge is 0.136 e. The molecule has 2 heteroatoms. The van der Waals surface area contributed by atoms with Gasteiger partial charge in [0.15, 0.2) is 0 Å². The van der Waals surface area contributed by atoms with Crippen molar-refractivity contribution in [2.24, 2.45) is 0 Å². The predicted octanol–water partition coefficient (Wildman–Crippen LogP) is 13.4. The fourth-order valence-electron chi connectivity index (χ4n) is 6.71. The van der Waals surface area contributed by atoms with Gasteiger partial charge in [0.05, 0.1) is 0 Å². The number of furan rings is 1. The standard InChI is InChI=1S/C46H37NO/c1-46(2,3)42-30-36(33-14-8-5-9-15-33)23-29-43(42)47(38-24-18-34(19-25-38)32-12-6-4-7-13-32)39-26-20-35(21-27-39)37-22-28-41-40-16-10-11-17-44(40)48-45(41)31-37/h4-31H,1-3H3. The van der Waals surface area contributed by atoms with Gasteiger partial charge < -0.3 is 9.32 Å². The largest absolute Gasteiger partial charge is 0.456 e. The summed E-state index contributed by atoms with van der Waals surface area (Å²) in [6.45, 7) is 6.90. The summed E-state index contributed by atoms with van der Waals surface area (Å²) in [6, 6.07) is 60.7. The van der Waals surface area contributed by atoms with Crippen LogP contribution in [-0.4, -0.2) is 0 Å². The molecule has 0 spiro atoms. The Morgan fingerprint density at radius 3 is 1.48 bits per heavy atom. The van der Waals surface area contributed by atoms with E-state index in [1.165, 1.54) is 33.5 Å². The molecule has 0 amide bonds. The molecule has 0 aliphatic rings. The molecular formula is C46H37NO. The summed E-state index contributed by atoms with van der Waals surface area (Å²) in [6.07, 6.45) is 0. The van der Waals surface area contributed by atoms with Crippen LogP contribution >= 0.6 is 0 Å². The first-order valence-electron chi connectivity index (χ1n) is 16.6. The van der Waals surface area contributed by atoms with E-state index in [4.69, 9.17) is 4.42 Å². The van der Waals surface area contributed by atoms with Crippen molar-refractivity contribution in [2.75, 3.05) is 4.90 Å². The van der Waals surface area contributed by atoms with Crippen LogP contribution in [0.3, 0.4) is 0 Å². The number of hydrogen-bond acceptors (Lipinski definition) is 2. The Hall–Kier alpha value is -5.86. The van der Waals surface area contributed by atoms with Crippen molar-refractivity contribution in [3.05, 3.63) is 175 Å². The molecule has 0 aliphatic heterocycles. The lowest BCUT2D eigenvalue weighted by atomic mass is 9.83. The Kier molecular flexibility index (Phi) is 7.42. The van der Waals surface area contributed by atoms with Gasteiger partial charge in [0.1, 0.15) is 11.2 Å². The van der Waals surface area contributed by atoms with Crippen LogP contribution in [0.1, 0.15) is 26.3 Å². The maximum Gasteiger partial charge on any atom is 0.136 e. The zero-order valence-electron chi connectivity index (χ0n) is 27.5. The van der Waals surface area contributed by atoms with Crippen molar-refractivity contribution in [1.82, 2.24) is 0 Å². The summed E-state index contributed by atoms with van der Waals surface area (Å²) >= 11 is 0. The molecule has 0 N–H and O–H groups in total. The Balaban J connectivity index is 1.23. The third kappa shape index (κ3) is 5.56. The van der Waals surface area contributed by atoms with Gasteiger partial charge in [-0.05, 0) is 99.0 Å². The highest BCUT2D eigenvalue weighted by Gasteiger charge is 2.24. The first kappa shape index (κ1) is 29.5. The fourth-order valence-corrected chi connectivity index (χ4v) is 6.71. The summed E-state index contributed by atoms with van der Waals surface area (Å²) < 4.78 is 6.21. The lowest BCUT2D eigenvalue weighted by Crippen LogP contribution is -2.19. The number of fused-ring (bicyclic) bond motifs is 3. The molecule has 0 saturated carbocycles. The maximum atomic E-state index is 6.21. The molecule has 0 saturated heterocycles. The number of nitrogens with zero attached hydrogens (tertiary/aromatic N) is 1. The van der Waals surface area contributed by atoms with Crippen molar-refractivity contribution in [2.45, 2.75) is 26.2 Å². The molecule has 1 heterocycles. The second-order valence-electron chi connectivity index (χ2n) is 13.5. The van der Waals surface area contributed by atoms with Crippen molar-refractivity contribution in [3.8, 4) is 33.4 Å². The molecule has 0 unspecified atom stereocenters. The second-order valence-corrected chi connectivity index (χ2v) is 13.5. The van der Waals surface area contributed by atoms with Gasteiger partial charge in [-0.15, -0.1) is 0 Å². The summed E-state index contributed by atoms with van der Waals surface area (Å²) in [4.78, 5) is 2.40. The van der Waals surface area contributed by atoms with Crippen molar-refractivity contribution in [3.63, 3.8) is 0 Å². The van der Waals surface area contributed by atoms with E-state index in [-0.39, 0.29) is 5.41 Å². The summed E-state index contributed by atoms with van der Waals surface area (Å²) in [5, 5.41) is 2.29. The molecule has 0 radical (unpaired) electrons. The Labute approximate surface area is 282 Å². The zero-order chi connectivity index (χ0) is 32.7. The van der Waals surface area contributed by atoms with E-state index in [0.29, 0.717) is 0 Å². The van der Waals surface area contributed by atoms with Gasteiger partial charge in [0, 0.05) is 27.8 Å². The summed E-state index contributed by atoms with van der Waals surface area (Å²) in [7, 11) is 0. The van der Waals surface area contributed by atoms with Gasteiger partial charge >= 0.3 is 0 Å². The first-order chi connectivity index (χ1) is 23.4. The van der Waals surface area contributed by atoms with E-state index >= 15 is 0 Å². The van der Waals surface area contributed by atoms with Crippen LogP contribution < -0.4 is 4.90 Å². The number of para-hydroxylation sites is 1. The summed E-state index contributed by atoms with van der Waals surface area (Å²) in [5.74, 6) is 0. The highest BCUT2D eigenvalue weighted by Crippen LogP contribution is 2.43. The SMILES string of the molecule is CC(C)(C)c1cc(-c2ccccc2)ccc1N(c1ccc(-c2ccccc2)cc1)c1ccc(-c2ccc3c(c2)oc2ccccc23)cc1. The zero-order valence-corrected chi connectivity index (χ0v) is 27.5. The van der Waals surface area contributed by atoms with Crippen LogP contribution in [0.25, 0.3) is 55.3 Å². The van der Waals surface area contributed by atoms with Crippen LogP contribution in [0.15, 0.2) is 174 Å². The Morgan fingerprint density at radius 1 is 0.396 bits per heavy atom. The molecule has 0 fully saturated rings. The van der Waals surface area contributed by atoms with Crippen molar-refractivity contribution >= 4 is 39.0 Å². The first-order valence-corrected chi connectivity index (χ1v) is 16.6. The van der Waals surface area contributed by atoms with E-state index < -0.39 is 0 Å². The molecule has 0 bridgehead atoms. The average molecular weight is 620 g/mol. The van der Waals surface area contributed by atoms with Crippen LogP contribution in [0.4, 0.5) is 17.1 Å². The van der Waals surface area contributed by atoms with E-state index in [1.54, 1.807) is 0 Å². The number of anilines is 3. The highest BCUT2D eigenvalue weighted by molar-refractivity contribution is 6.05. The number of rotatable bonds is 6.